The van der Waals surface area contributed by atoms with Crippen LogP contribution in [0, 0.1) is 0 Å². The van der Waals surface area contributed by atoms with Gasteiger partial charge in [-0.3, -0.25) is 0 Å². The van der Waals surface area contributed by atoms with E-state index in [1.54, 1.807) is 6.92 Å². The minimum atomic E-state index is -8.31. The summed E-state index contributed by atoms with van der Waals surface area (Å²) >= 11 is 0. The van der Waals surface area contributed by atoms with E-state index in [9.17, 15) is 65.9 Å². The van der Waals surface area contributed by atoms with E-state index in [0.29, 0.717) is 19.3 Å². The third kappa shape index (κ3) is 4.74. The number of aromatic nitrogens is 4. The lowest BCUT2D eigenvalue weighted by molar-refractivity contribution is -0.453. The molecule has 0 radical (unpaired) electrons. The van der Waals surface area contributed by atoms with Crippen molar-refractivity contribution in [1.29, 1.82) is 0 Å². The van der Waals surface area contributed by atoms with E-state index in [1.165, 1.54) is 0 Å². The molecule has 0 fully saturated rings. The predicted molar refractivity (Wildman–Crippen MR) is 81.4 cm³/mol. The number of hydrogen-bond donors (Lipinski definition) is 0. The van der Waals surface area contributed by atoms with Gasteiger partial charge in [-0.25, -0.2) is 4.68 Å². The fraction of sp³-hybridized carbons (Fsp3) is 0.933. The summed E-state index contributed by atoms with van der Waals surface area (Å²) < 4.78 is 198. The summed E-state index contributed by atoms with van der Waals surface area (Å²) in [4.78, 5) is 0. The maximum absolute atomic E-state index is 14.0. The molecule has 0 saturated carbocycles. The molecule has 19 heteroatoms. The smallest absolute Gasteiger partial charge is 0.223 e. The topological polar surface area (TPSA) is 43.6 Å². The van der Waals surface area contributed by atoms with Gasteiger partial charge in [0, 0.05) is 6.42 Å². The van der Waals surface area contributed by atoms with Crippen LogP contribution >= 0.6 is 0 Å². The molecule has 0 aromatic carbocycles. The van der Waals surface area contributed by atoms with Gasteiger partial charge in [0.05, 0.1) is 0 Å². The van der Waals surface area contributed by atoms with Crippen molar-refractivity contribution in [3.63, 3.8) is 0 Å². The van der Waals surface area contributed by atoms with Gasteiger partial charge < -0.3 is 0 Å². The summed E-state index contributed by atoms with van der Waals surface area (Å²) in [5.41, 5.74) is 0. The highest BCUT2D eigenvalue weighted by molar-refractivity contribution is 5.13. The first-order valence-electron chi connectivity index (χ1n) is 9.11. The summed E-state index contributed by atoms with van der Waals surface area (Å²) in [6.07, 6.45) is -6.00. The van der Waals surface area contributed by atoms with Gasteiger partial charge in [0.1, 0.15) is 6.54 Å². The summed E-state index contributed by atoms with van der Waals surface area (Å²) in [6.45, 7) is -0.945. The standard InChI is InChI=1S/C15H15F15N4/c1-2-3-4-5-6-8-31-32-33-34(8)7-9(16,17)10(18,19)11(20,21)12(22,23)13(24,25)14(26,27)15(28,29)30/h2-7H2,1H3. The molecule has 0 amide bonds. The van der Waals surface area contributed by atoms with E-state index in [2.05, 4.69) is 15.5 Å². The fourth-order valence-corrected chi connectivity index (χ4v) is 2.52. The van der Waals surface area contributed by atoms with Gasteiger partial charge in [-0.1, -0.05) is 26.2 Å². The molecule has 4 nitrogen and oxygen atoms in total. The molecule has 200 valence electrons. The van der Waals surface area contributed by atoms with Crippen LogP contribution in [0.25, 0.3) is 0 Å². The zero-order valence-corrected chi connectivity index (χ0v) is 16.7. The van der Waals surface area contributed by atoms with Gasteiger partial charge in [0.2, 0.25) is 0 Å². The lowest BCUT2D eigenvalue weighted by atomic mass is 9.91. The van der Waals surface area contributed by atoms with Crippen molar-refractivity contribution in [3.8, 4) is 0 Å². The number of alkyl halides is 15. The molecule has 0 N–H and O–H groups in total. The maximum atomic E-state index is 14.0. The number of halogens is 15. The highest BCUT2D eigenvalue weighted by atomic mass is 19.4. The highest BCUT2D eigenvalue weighted by Crippen LogP contribution is 2.62. The maximum Gasteiger partial charge on any atom is 0.460 e. The Morgan fingerprint density at radius 1 is 0.618 bits per heavy atom. The average molecular weight is 536 g/mol. The predicted octanol–water partition coefficient (Wildman–Crippen LogP) is 6.17. The second-order valence-corrected chi connectivity index (χ2v) is 7.14. The van der Waals surface area contributed by atoms with E-state index in [0.717, 1.165) is 0 Å². The second kappa shape index (κ2) is 9.23. The van der Waals surface area contributed by atoms with Crippen molar-refractivity contribution in [2.45, 2.75) is 87.3 Å². The van der Waals surface area contributed by atoms with Crippen molar-refractivity contribution in [2.75, 3.05) is 0 Å². The third-order valence-electron chi connectivity index (χ3n) is 4.60. The van der Waals surface area contributed by atoms with Crippen molar-refractivity contribution < 1.29 is 65.9 Å². The molecule has 0 unspecified atom stereocenters. The van der Waals surface area contributed by atoms with Crippen LogP contribution in [0.4, 0.5) is 65.9 Å². The summed E-state index contributed by atoms with van der Waals surface area (Å²) in [5.74, 6) is -47.3. The molecule has 1 aromatic heterocycles. The Balaban J connectivity index is 3.34. The molecular formula is C15H15F15N4. The van der Waals surface area contributed by atoms with Crippen LogP contribution in [0.2, 0.25) is 0 Å². The molecule has 0 spiro atoms. The molecule has 0 aliphatic carbocycles. The third-order valence-corrected chi connectivity index (χ3v) is 4.60. The van der Waals surface area contributed by atoms with Gasteiger partial charge in [0.15, 0.2) is 5.82 Å². The number of hydrogen-bond acceptors (Lipinski definition) is 3. The van der Waals surface area contributed by atoms with Gasteiger partial charge in [0.25, 0.3) is 0 Å². The Bertz CT molecular complexity index is 815. The highest BCUT2D eigenvalue weighted by Gasteiger charge is 2.93. The van der Waals surface area contributed by atoms with E-state index in [-0.39, 0.29) is 17.5 Å². The van der Waals surface area contributed by atoms with E-state index in [1.807, 2.05) is 0 Å². The Kier molecular flexibility index (Phi) is 8.16. The first-order chi connectivity index (χ1) is 15.0. The lowest BCUT2D eigenvalue weighted by Crippen LogP contribution is -2.72. The lowest BCUT2D eigenvalue weighted by Gasteiger charge is -2.41. The summed E-state index contributed by atoms with van der Waals surface area (Å²) in [7, 11) is 0. The molecule has 0 aliphatic rings. The largest absolute Gasteiger partial charge is 0.460 e. The van der Waals surface area contributed by atoms with Crippen molar-refractivity contribution in [1.82, 2.24) is 20.2 Å². The number of unbranched alkanes of at least 4 members (excludes halogenated alkanes) is 3. The van der Waals surface area contributed by atoms with Crippen LogP contribution in [0.5, 0.6) is 0 Å². The molecule has 1 heterocycles. The van der Waals surface area contributed by atoms with E-state index in [4.69, 9.17) is 0 Å². The SMILES string of the molecule is CCCCCCc1nnnn1CC(F)(F)C(F)(F)C(F)(F)C(F)(F)C(F)(F)C(F)(F)C(F)(F)F. The number of tetrazole rings is 1. The first kappa shape index (κ1) is 30.1. The van der Waals surface area contributed by atoms with Gasteiger partial charge in [-0.2, -0.15) is 65.9 Å². The van der Waals surface area contributed by atoms with Gasteiger partial charge in [-0.05, 0) is 16.8 Å². The Morgan fingerprint density at radius 2 is 1.09 bits per heavy atom. The van der Waals surface area contributed by atoms with E-state index < -0.39 is 54.1 Å². The minimum Gasteiger partial charge on any atom is -0.223 e. The van der Waals surface area contributed by atoms with Crippen LogP contribution in [0.1, 0.15) is 38.4 Å². The van der Waals surface area contributed by atoms with Gasteiger partial charge >= 0.3 is 41.7 Å². The molecular weight excluding hydrogens is 521 g/mol. The average Bonchev–Trinajstić information content (AvgIpc) is 3.09. The minimum absolute atomic E-state index is 0.170. The number of aryl methyl sites for hydroxylation is 1. The molecule has 1 aromatic rings. The van der Waals surface area contributed by atoms with Crippen molar-refractivity contribution in [2.24, 2.45) is 0 Å². The van der Waals surface area contributed by atoms with Crippen LogP contribution < -0.4 is 0 Å². The zero-order valence-electron chi connectivity index (χ0n) is 16.7. The Morgan fingerprint density at radius 3 is 1.56 bits per heavy atom. The molecule has 34 heavy (non-hydrogen) atoms. The molecule has 1 rings (SSSR count). The summed E-state index contributed by atoms with van der Waals surface area (Å²) in [5, 5.41) is 8.71. The van der Waals surface area contributed by atoms with Crippen LogP contribution in [0.3, 0.4) is 0 Å². The van der Waals surface area contributed by atoms with Crippen LogP contribution in [-0.2, 0) is 13.0 Å². The fourth-order valence-electron chi connectivity index (χ4n) is 2.52. The second-order valence-electron chi connectivity index (χ2n) is 7.14. The Labute approximate surface area is 180 Å². The van der Waals surface area contributed by atoms with Crippen molar-refractivity contribution >= 4 is 0 Å². The molecule has 0 atom stereocenters. The zero-order chi connectivity index (χ0) is 27.0. The van der Waals surface area contributed by atoms with Crippen LogP contribution in [0.15, 0.2) is 0 Å². The van der Waals surface area contributed by atoms with Crippen LogP contribution in [-0.4, -0.2) is 61.9 Å². The quantitative estimate of drug-likeness (QED) is 0.237. The summed E-state index contributed by atoms with van der Waals surface area (Å²) in [6, 6.07) is 0. The van der Waals surface area contributed by atoms with Gasteiger partial charge in [-0.15, -0.1) is 5.10 Å². The normalized spacial score (nSPS) is 15.2. The van der Waals surface area contributed by atoms with Crippen molar-refractivity contribution in [3.05, 3.63) is 5.82 Å². The number of rotatable bonds is 12. The molecule has 0 aliphatic heterocycles. The molecule has 0 saturated heterocycles. The number of nitrogens with zero attached hydrogens (tertiary/aromatic N) is 4. The molecule has 0 bridgehead atoms. The monoisotopic (exact) mass is 536 g/mol. The Hall–Kier alpha value is -1.98. The van der Waals surface area contributed by atoms with E-state index >= 15 is 0 Å². The first-order valence-corrected chi connectivity index (χ1v) is 9.11.